The predicted molar refractivity (Wildman–Crippen MR) is 63.9 cm³/mol. The number of aromatic nitrogens is 2. The van der Waals surface area contributed by atoms with Gasteiger partial charge in [0.05, 0.1) is 0 Å². The minimum Gasteiger partial charge on any atom is -0.326 e. The number of benzene rings is 1. The van der Waals surface area contributed by atoms with Gasteiger partial charge in [0.25, 0.3) is 0 Å². The molecule has 1 aliphatic heterocycles. The maximum absolute atomic E-state index is 13.3. The molecule has 86 valence electrons. The van der Waals surface area contributed by atoms with E-state index in [1.54, 1.807) is 12.3 Å². The molecule has 1 aliphatic rings. The zero-order valence-corrected chi connectivity index (χ0v) is 9.52. The lowest BCUT2D eigenvalue weighted by Gasteiger charge is -2.18. The first-order valence-corrected chi connectivity index (χ1v) is 5.60. The molecule has 0 amide bonds. The van der Waals surface area contributed by atoms with Crippen molar-refractivity contribution in [2.45, 2.75) is 13.3 Å². The largest absolute Gasteiger partial charge is 0.326 e. The first kappa shape index (κ1) is 10.2. The standard InChI is InChI=1S/C13H12FN3/c1-9-15-6-4-13(16-9)17-7-5-10-2-3-11(14)8-12(10)17/h2-4,6,8H,5,7H2,1H3. The first-order chi connectivity index (χ1) is 8.24. The lowest BCUT2D eigenvalue weighted by atomic mass is 10.2. The van der Waals surface area contributed by atoms with E-state index >= 15 is 0 Å². The molecule has 17 heavy (non-hydrogen) atoms. The lowest BCUT2D eigenvalue weighted by Crippen LogP contribution is -2.15. The molecule has 3 rings (SSSR count). The molecule has 0 spiro atoms. The smallest absolute Gasteiger partial charge is 0.136 e. The number of anilines is 2. The zero-order chi connectivity index (χ0) is 11.8. The van der Waals surface area contributed by atoms with Gasteiger partial charge < -0.3 is 4.90 Å². The van der Waals surface area contributed by atoms with Gasteiger partial charge in [-0.05, 0) is 37.1 Å². The van der Waals surface area contributed by atoms with Crippen LogP contribution < -0.4 is 4.90 Å². The van der Waals surface area contributed by atoms with Crippen molar-refractivity contribution in [3.05, 3.63) is 47.7 Å². The van der Waals surface area contributed by atoms with Crippen molar-refractivity contribution in [1.29, 1.82) is 0 Å². The normalized spacial score (nSPS) is 13.9. The van der Waals surface area contributed by atoms with Gasteiger partial charge >= 0.3 is 0 Å². The van der Waals surface area contributed by atoms with Gasteiger partial charge in [0.15, 0.2) is 0 Å². The van der Waals surface area contributed by atoms with Gasteiger partial charge in [-0.25, -0.2) is 14.4 Å². The molecule has 2 aromatic rings. The summed E-state index contributed by atoms with van der Waals surface area (Å²) in [6.07, 6.45) is 2.66. The minimum atomic E-state index is -0.207. The summed E-state index contributed by atoms with van der Waals surface area (Å²) in [6.45, 7) is 2.70. The van der Waals surface area contributed by atoms with Crippen molar-refractivity contribution < 1.29 is 4.39 Å². The maximum atomic E-state index is 13.3. The van der Waals surface area contributed by atoms with E-state index in [1.807, 2.05) is 24.0 Å². The van der Waals surface area contributed by atoms with Crippen molar-refractivity contribution in [1.82, 2.24) is 9.97 Å². The van der Waals surface area contributed by atoms with Crippen LogP contribution in [0.2, 0.25) is 0 Å². The third kappa shape index (κ3) is 1.75. The number of fused-ring (bicyclic) bond motifs is 1. The van der Waals surface area contributed by atoms with Crippen LogP contribution in [0.4, 0.5) is 15.9 Å². The Morgan fingerprint density at radius 3 is 3.00 bits per heavy atom. The molecule has 0 saturated heterocycles. The van der Waals surface area contributed by atoms with Crippen LogP contribution in [0.3, 0.4) is 0 Å². The summed E-state index contributed by atoms with van der Waals surface area (Å²) in [5.74, 6) is 1.36. The molecule has 0 radical (unpaired) electrons. The Morgan fingerprint density at radius 2 is 2.18 bits per heavy atom. The van der Waals surface area contributed by atoms with Crippen LogP contribution in [0.1, 0.15) is 11.4 Å². The average Bonchev–Trinajstić information content (AvgIpc) is 2.71. The van der Waals surface area contributed by atoms with E-state index in [0.29, 0.717) is 0 Å². The van der Waals surface area contributed by atoms with E-state index in [1.165, 1.54) is 11.6 Å². The Balaban J connectivity index is 2.06. The van der Waals surface area contributed by atoms with E-state index < -0.39 is 0 Å². The second-order valence-corrected chi connectivity index (χ2v) is 4.14. The number of halogens is 1. The van der Waals surface area contributed by atoms with Gasteiger partial charge in [-0.15, -0.1) is 0 Å². The van der Waals surface area contributed by atoms with Crippen molar-refractivity contribution in [2.75, 3.05) is 11.4 Å². The van der Waals surface area contributed by atoms with Gasteiger partial charge in [-0.3, -0.25) is 0 Å². The first-order valence-electron chi connectivity index (χ1n) is 5.60. The number of hydrogen-bond donors (Lipinski definition) is 0. The summed E-state index contributed by atoms with van der Waals surface area (Å²) in [7, 11) is 0. The molecule has 0 saturated carbocycles. The van der Waals surface area contributed by atoms with Crippen LogP contribution in [0.5, 0.6) is 0 Å². The van der Waals surface area contributed by atoms with Gasteiger partial charge in [0.1, 0.15) is 17.5 Å². The number of nitrogens with zero attached hydrogens (tertiary/aromatic N) is 3. The van der Waals surface area contributed by atoms with Crippen molar-refractivity contribution in [2.24, 2.45) is 0 Å². The lowest BCUT2D eigenvalue weighted by molar-refractivity contribution is 0.628. The van der Waals surface area contributed by atoms with Crippen LogP contribution in [0.15, 0.2) is 30.5 Å². The topological polar surface area (TPSA) is 29.0 Å². The summed E-state index contributed by atoms with van der Waals surface area (Å²) < 4.78 is 13.3. The SMILES string of the molecule is Cc1nccc(N2CCc3ccc(F)cc32)n1. The van der Waals surface area contributed by atoms with E-state index in [0.717, 1.165) is 30.3 Å². The quantitative estimate of drug-likeness (QED) is 0.752. The van der Waals surface area contributed by atoms with Crippen LogP contribution in [-0.2, 0) is 6.42 Å². The number of rotatable bonds is 1. The number of aryl methyl sites for hydroxylation is 1. The molecule has 0 atom stereocenters. The van der Waals surface area contributed by atoms with Gasteiger partial charge in [0.2, 0.25) is 0 Å². The summed E-state index contributed by atoms with van der Waals surface area (Å²) in [5.41, 5.74) is 2.09. The highest BCUT2D eigenvalue weighted by atomic mass is 19.1. The summed E-state index contributed by atoms with van der Waals surface area (Å²) in [6, 6.07) is 6.78. The summed E-state index contributed by atoms with van der Waals surface area (Å²) in [4.78, 5) is 10.5. The Hall–Kier alpha value is -1.97. The molecular weight excluding hydrogens is 217 g/mol. The Kier molecular flexibility index (Phi) is 2.28. The van der Waals surface area contributed by atoms with Crippen molar-refractivity contribution >= 4 is 11.5 Å². The molecule has 4 heteroatoms. The molecule has 0 fully saturated rings. The molecule has 0 bridgehead atoms. The van der Waals surface area contributed by atoms with Crippen LogP contribution in [0, 0.1) is 12.7 Å². The molecule has 1 aromatic heterocycles. The molecule has 0 unspecified atom stereocenters. The fraction of sp³-hybridized carbons (Fsp3) is 0.231. The van der Waals surface area contributed by atoms with Gasteiger partial charge in [-0.2, -0.15) is 0 Å². The second kappa shape index (κ2) is 3.80. The monoisotopic (exact) mass is 229 g/mol. The van der Waals surface area contributed by atoms with Gasteiger partial charge in [0, 0.05) is 18.4 Å². The molecule has 2 heterocycles. The van der Waals surface area contributed by atoms with E-state index in [-0.39, 0.29) is 5.82 Å². The molecule has 3 nitrogen and oxygen atoms in total. The Morgan fingerprint density at radius 1 is 1.29 bits per heavy atom. The van der Waals surface area contributed by atoms with E-state index in [4.69, 9.17) is 0 Å². The predicted octanol–water partition coefficient (Wildman–Crippen LogP) is 2.62. The summed E-state index contributed by atoms with van der Waals surface area (Å²) in [5, 5.41) is 0. The fourth-order valence-electron chi connectivity index (χ4n) is 2.18. The number of hydrogen-bond acceptors (Lipinski definition) is 3. The maximum Gasteiger partial charge on any atom is 0.136 e. The van der Waals surface area contributed by atoms with Crippen molar-refractivity contribution in [3.63, 3.8) is 0 Å². The van der Waals surface area contributed by atoms with Crippen LogP contribution in [-0.4, -0.2) is 16.5 Å². The summed E-state index contributed by atoms with van der Waals surface area (Å²) >= 11 is 0. The average molecular weight is 229 g/mol. The Bertz CT molecular complexity index is 568. The molecule has 0 N–H and O–H groups in total. The van der Waals surface area contributed by atoms with Crippen molar-refractivity contribution in [3.8, 4) is 0 Å². The van der Waals surface area contributed by atoms with Gasteiger partial charge in [-0.1, -0.05) is 6.07 Å². The molecule has 0 aliphatic carbocycles. The molecular formula is C13H12FN3. The van der Waals surface area contributed by atoms with Crippen LogP contribution >= 0.6 is 0 Å². The van der Waals surface area contributed by atoms with Crippen LogP contribution in [0.25, 0.3) is 0 Å². The zero-order valence-electron chi connectivity index (χ0n) is 9.52. The highest BCUT2D eigenvalue weighted by Gasteiger charge is 2.21. The Labute approximate surface area is 98.9 Å². The third-order valence-corrected chi connectivity index (χ3v) is 2.98. The third-order valence-electron chi connectivity index (χ3n) is 2.98. The van der Waals surface area contributed by atoms with E-state index in [9.17, 15) is 4.39 Å². The fourth-order valence-corrected chi connectivity index (χ4v) is 2.18. The van der Waals surface area contributed by atoms with E-state index in [2.05, 4.69) is 9.97 Å². The second-order valence-electron chi connectivity index (χ2n) is 4.14. The highest BCUT2D eigenvalue weighted by molar-refractivity contribution is 5.67. The highest BCUT2D eigenvalue weighted by Crippen LogP contribution is 2.33. The minimum absolute atomic E-state index is 0.207. The molecule has 1 aromatic carbocycles.